The van der Waals surface area contributed by atoms with Crippen LogP contribution in [0.5, 0.6) is 0 Å². The summed E-state index contributed by atoms with van der Waals surface area (Å²) in [4.78, 5) is 15.2. The van der Waals surface area contributed by atoms with Crippen LogP contribution in [0, 0.1) is 0 Å². The molecule has 3 aromatic heterocycles. The van der Waals surface area contributed by atoms with Crippen LogP contribution in [-0.4, -0.2) is 15.0 Å². The highest BCUT2D eigenvalue weighted by Crippen LogP contribution is 2.42. The van der Waals surface area contributed by atoms with Crippen molar-refractivity contribution in [1.29, 1.82) is 0 Å². The highest BCUT2D eigenvalue weighted by molar-refractivity contribution is 6.14. The molecule has 0 aliphatic rings. The predicted molar refractivity (Wildman–Crippen MR) is 227 cm³/mol. The van der Waals surface area contributed by atoms with Gasteiger partial charge in [0.05, 0.1) is 5.56 Å². The van der Waals surface area contributed by atoms with Crippen LogP contribution in [0.15, 0.2) is 197 Å². The number of furan rings is 2. The molecule has 0 radical (unpaired) electrons. The predicted octanol–water partition coefficient (Wildman–Crippen LogP) is 13.7. The minimum atomic E-state index is 0.548. The molecule has 0 saturated heterocycles. The summed E-state index contributed by atoms with van der Waals surface area (Å²) in [5.74, 6) is 1.74. The molecule has 0 N–H and O–H groups in total. The molecule has 0 atom stereocenters. The Bertz CT molecular complexity index is 3240. The van der Waals surface area contributed by atoms with Crippen molar-refractivity contribution in [2.24, 2.45) is 0 Å². The average Bonchev–Trinajstić information content (AvgIpc) is 3.85. The molecule has 11 rings (SSSR count). The highest BCUT2D eigenvalue weighted by Gasteiger charge is 2.20. The number of nitrogens with zero attached hydrogens (tertiary/aromatic N) is 3. The van der Waals surface area contributed by atoms with Crippen molar-refractivity contribution in [1.82, 2.24) is 15.0 Å². The van der Waals surface area contributed by atoms with E-state index < -0.39 is 0 Å². The van der Waals surface area contributed by atoms with Crippen molar-refractivity contribution >= 4 is 43.9 Å². The van der Waals surface area contributed by atoms with E-state index in [1.54, 1.807) is 0 Å². The third kappa shape index (κ3) is 5.45. The molecular formula is C51H31N3O2. The van der Waals surface area contributed by atoms with Crippen molar-refractivity contribution in [2.45, 2.75) is 0 Å². The van der Waals surface area contributed by atoms with Crippen LogP contribution in [-0.2, 0) is 0 Å². The van der Waals surface area contributed by atoms with Crippen LogP contribution in [0.2, 0.25) is 0 Å². The van der Waals surface area contributed by atoms with Crippen LogP contribution in [0.4, 0.5) is 0 Å². The molecule has 0 aliphatic heterocycles. The van der Waals surface area contributed by atoms with E-state index in [1.807, 2.05) is 60.7 Å². The first-order chi connectivity index (χ1) is 27.7. The van der Waals surface area contributed by atoms with Crippen molar-refractivity contribution in [3.63, 3.8) is 0 Å². The molecular weight excluding hydrogens is 687 g/mol. The average molecular weight is 718 g/mol. The number of hydrogen-bond acceptors (Lipinski definition) is 5. The number of aromatic nitrogens is 3. The van der Waals surface area contributed by atoms with Crippen LogP contribution in [0.1, 0.15) is 0 Å². The zero-order valence-electron chi connectivity index (χ0n) is 30.1. The van der Waals surface area contributed by atoms with Crippen molar-refractivity contribution in [3.05, 3.63) is 188 Å². The maximum Gasteiger partial charge on any atom is 0.167 e. The first-order valence-electron chi connectivity index (χ1n) is 18.7. The smallest absolute Gasteiger partial charge is 0.167 e. The maximum atomic E-state index is 6.68. The summed E-state index contributed by atoms with van der Waals surface area (Å²) >= 11 is 0. The van der Waals surface area contributed by atoms with Gasteiger partial charge in [-0.05, 0) is 75.8 Å². The zero-order valence-corrected chi connectivity index (χ0v) is 30.1. The molecule has 0 bridgehead atoms. The molecule has 262 valence electrons. The summed E-state index contributed by atoms with van der Waals surface area (Å²) in [7, 11) is 0. The molecule has 0 aliphatic carbocycles. The first kappa shape index (κ1) is 31.9. The van der Waals surface area contributed by atoms with Gasteiger partial charge in [0.2, 0.25) is 0 Å². The van der Waals surface area contributed by atoms with Gasteiger partial charge >= 0.3 is 0 Å². The molecule has 5 heteroatoms. The van der Waals surface area contributed by atoms with Crippen molar-refractivity contribution < 1.29 is 8.83 Å². The quantitative estimate of drug-likeness (QED) is 0.171. The van der Waals surface area contributed by atoms with Crippen LogP contribution >= 0.6 is 0 Å². The Hall–Kier alpha value is -7.63. The minimum Gasteiger partial charge on any atom is -0.456 e. The van der Waals surface area contributed by atoms with Gasteiger partial charge < -0.3 is 8.83 Å². The lowest BCUT2D eigenvalue weighted by atomic mass is 9.94. The third-order valence-electron chi connectivity index (χ3n) is 10.5. The number of para-hydroxylation sites is 2. The molecule has 3 heterocycles. The third-order valence-corrected chi connectivity index (χ3v) is 10.5. The molecule has 5 nitrogen and oxygen atoms in total. The van der Waals surface area contributed by atoms with Gasteiger partial charge in [-0.2, -0.15) is 0 Å². The van der Waals surface area contributed by atoms with E-state index in [4.69, 9.17) is 23.8 Å². The molecule has 0 spiro atoms. The summed E-state index contributed by atoms with van der Waals surface area (Å²) < 4.78 is 13.1. The number of rotatable bonds is 6. The second-order valence-electron chi connectivity index (χ2n) is 14.0. The number of fused-ring (bicyclic) bond motifs is 6. The van der Waals surface area contributed by atoms with Crippen molar-refractivity contribution in [3.8, 4) is 67.5 Å². The molecule has 0 saturated carbocycles. The number of benzene rings is 8. The summed E-state index contributed by atoms with van der Waals surface area (Å²) in [6.07, 6.45) is 0. The Kier molecular flexibility index (Phi) is 7.42. The Morgan fingerprint density at radius 3 is 1.68 bits per heavy atom. The van der Waals surface area contributed by atoms with Gasteiger partial charge in [0.15, 0.2) is 17.5 Å². The molecule has 0 amide bonds. The fourth-order valence-corrected chi connectivity index (χ4v) is 7.83. The van der Waals surface area contributed by atoms with E-state index in [-0.39, 0.29) is 0 Å². The second-order valence-corrected chi connectivity index (χ2v) is 14.0. The topological polar surface area (TPSA) is 65.0 Å². The maximum absolute atomic E-state index is 6.68. The van der Waals surface area contributed by atoms with Crippen LogP contribution < -0.4 is 0 Å². The van der Waals surface area contributed by atoms with Crippen LogP contribution in [0.3, 0.4) is 0 Å². The molecule has 0 fully saturated rings. The van der Waals surface area contributed by atoms with Crippen LogP contribution in [0.25, 0.3) is 111 Å². The lowest BCUT2D eigenvalue weighted by Gasteiger charge is -2.10. The van der Waals surface area contributed by atoms with E-state index in [0.717, 1.165) is 93.9 Å². The summed E-state index contributed by atoms with van der Waals surface area (Å²) in [5.41, 5.74) is 12.5. The monoisotopic (exact) mass is 717 g/mol. The van der Waals surface area contributed by atoms with Gasteiger partial charge in [0, 0.05) is 32.7 Å². The summed E-state index contributed by atoms with van der Waals surface area (Å²) in [5, 5.41) is 4.23. The minimum absolute atomic E-state index is 0.548. The van der Waals surface area contributed by atoms with Crippen molar-refractivity contribution in [2.75, 3.05) is 0 Å². The SMILES string of the molecule is c1ccc(-c2cccc(-c3nc(-c4ccccc4)nc(-c4cccc5c4oc4ccc(-c6cc(-c7ccccc7)c7c(c6)oc6ccccc67)cc45)n3)c2)cc1. The second kappa shape index (κ2) is 13.0. The van der Waals surface area contributed by atoms with E-state index in [0.29, 0.717) is 17.5 Å². The fourth-order valence-electron chi connectivity index (χ4n) is 7.83. The fraction of sp³-hybridized carbons (Fsp3) is 0. The van der Waals surface area contributed by atoms with E-state index in [2.05, 4.69) is 127 Å². The molecule has 8 aromatic carbocycles. The molecule has 11 aromatic rings. The molecule has 56 heavy (non-hydrogen) atoms. The van der Waals surface area contributed by atoms with Gasteiger partial charge in [0.25, 0.3) is 0 Å². The van der Waals surface area contributed by atoms with E-state index in [9.17, 15) is 0 Å². The number of hydrogen-bond donors (Lipinski definition) is 0. The summed E-state index contributed by atoms with van der Waals surface area (Å²) in [6.45, 7) is 0. The Morgan fingerprint density at radius 2 is 0.875 bits per heavy atom. The normalized spacial score (nSPS) is 11.6. The summed E-state index contributed by atoms with van der Waals surface area (Å²) in [6, 6.07) is 64.5. The lowest BCUT2D eigenvalue weighted by Crippen LogP contribution is -2.00. The van der Waals surface area contributed by atoms with Gasteiger partial charge in [0.1, 0.15) is 22.3 Å². The Balaban J connectivity index is 1.07. The standard InChI is InChI=1S/C51H31N3O2/c1-4-14-32(15-5-1)35-20-12-21-37(28-35)50-52-49(34-18-8-3-9-19-34)53-51(54-50)41-24-13-23-39-43-29-36(26-27-45(43)56-48(39)41)38-30-42(33-16-6-2-7-17-33)47-40-22-10-11-25-44(40)55-46(47)31-38/h1-31H. The largest absolute Gasteiger partial charge is 0.456 e. The highest BCUT2D eigenvalue weighted by atomic mass is 16.3. The zero-order chi connectivity index (χ0) is 37.0. The Labute approximate surface area is 322 Å². The molecule has 0 unspecified atom stereocenters. The lowest BCUT2D eigenvalue weighted by molar-refractivity contribution is 0.669. The van der Waals surface area contributed by atoms with E-state index in [1.165, 1.54) is 0 Å². The van der Waals surface area contributed by atoms with Gasteiger partial charge in [-0.25, -0.2) is 15.0 Å². The van der Waals surface area contributed by atoms with E-state index >= 15 is 0 Å². The van der Waals surface area contributed by atoms with Gasteiger partial charge in [-0.15, -0.1) is 0 Å². The Morgan fingerprint density at radius 1 is 0.286 bits per heavy atom. The first-order valence-corrected chi connectivity index (χ1v) is 18.7. The van der Waals surface area contributed by atoms with Gasteiger partial charge in [-0.1, -0.05) is 146 Å². The van der Waals surface area contributed by atoms with Gasteiger partial charge in [-0.3, -0.25) is 0 Å².